The number of rotatable bonds is 2. The third-order valence-corrected chi connectivity index (χ3v) is 3.76. The van der Waals surface area contributed by atoms with Crippen molar-refractivity contribution >= 4 is 15.9 Å². The summed E-state index contributed by atoms with van der Waals surface area (Å²) in [5.41, 5.74) is -0.645. The van der Waals surface area contributed by atoms with E-state index in [0.717, 1.165) is 13.0 Å². The Labute approximate surface area is 123 Å². The zero-order valence-corrected chi connectivity index (χ0v) is 12.2. The highest BCUT2D eigenvalue weighted by Gasteiger charge is 2.37. The van der Waals surface area contributed by atoms with Gasteiger partial charge in [0.05, 0.1) is 0 Å². The van der Waals surface area contributed by atoms with Gasteiger partial charge in [0.15, 0.2) is 5.60 Å². The van der Waals surface area contributed by atoms with Gasteiger partial charge in [-0.3, -0.25) is 0 Å². The molecule has 106 valence electrons. The fourth-order valence-corrected chi connectivity index (χ4v) is 2.75. The first kappa shape index (κ1) is 13.7. The number of nitrogens with zero attached hydrogens (tertiary/aromatic N) is 2. The second-order valence-electron chi connectivity index (χ2n) is 4.89. The van der Waals surface area contributed by atoms with Gasteiger partial charge < -0.3 is 14.9 Å². The third-order valence-electron chi connectivity index (χ3n) is 3.31. The van der Waals surface area contributed by atoms with Crippen LogP contribution in [0.5, 0.6) is 0 Å². The van der Waals surface area contributed by atoms with E-state index in [1.807, 2.05) is 0 Å². The Balaban J connectivity index is 1.93. The van der Waals surface area contributed by atoms with E-state index >= 15 is 0 Å². The minimum absolute atomic E-state index is 0.167. The summed E-state index contributed by atoms with van der Waals surface area (Å²) in [5, 5.41) is 17.4. The molecule has 2 N–H and O–H groups in total. The molecule has 1 aliphatic rings. The lowest BCUT2D eigenvalue weighted by atomic mass is 9.94. The van der Waals surface area contributed by atoms with Crippen molar-refractivity contribution in [2.24, 2.45) is 0 Å². The highest BCUT2D eigenvalue weighted by atomic mass is 79.9. The van der Waals surface area contributed by atoms with E-state index in [1.165, 1.54) is 12.1 Å². The van der Waals surface area contributed by atoms with Gasteiger partial charge in [-0.2, -0.15) is 4.98 Å². The molecular weight excluding hydrogens is 329 g/mol. The topological polar surface area (TPSA) is 71.2 Å². The quantitative estimate of drug-likeness (QED) is 0.876. The van der Waals surface area contributed by atoms with E-state index < -0.39 is 11.4 Å². The van der Waals surface area contributed by atoms with Crippen LogP contribution in [0.2, 0.25) is 0 Å². The molecule has 5 nitrogen and oxygen atoms in total. The molecule has 1 saturated heterocycles. The second-order valence-corrected chi connectivity index (χ2v) is 5.81. The Morgan fingerprint density at radius 3 is 2.95 bits per heavy atom. The van der Waals surface area contributed by atoms with Crippen LogP contribution in [-0.2, 0) is 5.60 Å². The lowest BCUT2D eigenvalue weighted by molar-refractivity contribution is -0.0167. The predicted octanol–water partition coefficient (Wildman–Crippen LogP) is 2.21. The maximum atomic E-state index is 13.4. The molecule has 2 aromatic rings. The van der Waals surface area contributed by atoms with E-state index in [0.29, 0.717) is 23.0 Å². The number of halogens is 2. The first-order valence-electron chi connectivity index (χ1n) is 6.31. The molecule has 0 amide bonds. The van der Waals surface area contributed by atoms with Crippen molar-refractivity contribution in [3.8, 4) is 11.4 Å². The molecule has 2 heterocycles. The van der Waals surface area contributed by atoms with Crippen LogP contribution in [0.3, 0.4) is 0 Å². The highest BCUT2D eigenvalue weighted by molar-refractivity contribution is 9.10. The number of hydrogen-bond acceptors (Lipinski definition) is 5. The molecular formula is C13H13BrFN3O2. The summed E-state index contributed by atoms with van der Waals surface area (Å²) in [7, 11) is 0. The third kappa shape index (κ3) is 2.61. The maximum absolute atomic E-state index is 13.4. The molecule has 20 heavy (non-hydrogen) atoms. The smallest absolute Gasteiger partial charge is 0.260 e. The van der Waals surface area contributed by atoms with Crippen LogP contribution in [0, 0.1) is 5.82 Å². The normalized spacial score (nSPS) is 22.9. The number of benzene rings is 1. The van der Waals surface area contributed by atoms with E-state index in [-0.39, 0.29) is 11.7 Å². The summed E-state index contributed by atoms with van der Waals surface area (Å²) in [6.45, 7) is 1.24. The van der Waals surface area contributed by atoms with Gasteiger partial charge in [0.25, 0.3) is 5.89 Å². The van der Waals surface area contributed by atoms with E-state index in [2.05, 4.69) is 31.4 Å². The minimum Gasteiger partial charge on any atom is -0.379 e. The SMILES string of the molecule is OC1(c2nc(-c3cc(F)cc(Br)c3)no2)CCCNC1. The van der Waals surface area contributed by atoms with Gasteiger partial charge in [-0.15, -0.1) is 0 Å². The molecule has 1 aliphatic heterocycles. The molecule has 1 aromatic carbocycles. The van der Waals surface area contributed by atoms with Crippen molar-refractivity contribution in [2.75, 3.05) is 13.1 Å². The number of aromatic nitrogens is 2. The van der Waals surface area contributed by atoms with Crippen LogP contribution in [-0.4, -0.2) is 28.3 Å². The fourth-order valence-electron chi connectivity index (χ4n) is 2.28. The Morgan fingerprint density at radius 1 is 1.40 bits per heavy atom. The zero-order chi connectivity index (χ0) is 14.2. The highest BCUT2D eigenvalue weighted by Crippen LogP contribution is 2.29. The first-order valence-corrected chi connectivity index (χ1v) is 7.10. The van der Waals surface area contributed by atoms with Crippen LogP contribution in [0.15, 0.2) is 27.2 Å². The summed E-state index contributed by atoms with van der Waals surface area (Å²) >= 11 is 3.22. The van der Waals surface area contributed by atoms with Crippen molar-refractivity contribution < 1.29 is 14.0 Å². The Bertz CT molecular complexity index is 606. The van der Waals surface area contributed by atoms with Gasteiger partial charge in [0, 0.05) is 16.6 Å². The predicted molar refractivity (Wildman–Crippen MR) is 73.4 cm³/mol. The van der Waals surface area contributed by atoms with Crippen LogP contribution in [0.25, 0.3) is 11.4 Å². The lowest BCUT2D eigenvalue weighted by Gasteiger charge is -2.28. The van der Waals surface area contributed by atoms with Crippen LogP contribution >= 0.6 is 15.9 Å². The van der Waals surface area contributed by atoms with Gasteiger partial charge in [-0.25, -0.2) is 4.39 Å². The number of hydrogen-bond donors (Lipinski definition) is 2. The van der Waals surface area contributed by atoms with Gasteiger partial charge >= 0.3 is 0 Å². The summed E-state index contributed by atoms with van der Waals surface area (Å²) in [5.74, 6) is 0.0399. The van der Waals surface area contributed by atoms with Crippen molar-refractivity contribution in [3.05, 3.63) is 34.4 Å². The average molecular weight is 342 g/mol. The zero-order valence-electron chi connectivity index (χ0n) is 10.6. The molecule has 1 unspecified atom stereocenters. The Kier molecular flexibility index (Phi) is 3.57. The number of aliphatic hydroxyl groups is 1. The Morgan fingerprint density at radius 2 is 2.25 bits per heavy atom. The molecule has 3 rings (SSSR count). The summed E-state index contributed by atoms with van der Waals surface area (Å²) in [6, 6.07) is 4.37. The van der Waals surface area contributed by atoms with Crippen LogP contribution in [0.4, 0.5) is 4.39 Å². The van der Waals surface area contributed by atoms with E-state index in [4.69, 9.17) is 4.52 Å². The summed E-state index contributed by atoms with van der Waals surface area (Å²) in [4.78, 5) is 4.20. The molecule has 7 heteroatoms. The molecule has 0 spiro atoms. The number of β-amino-alcohol motifs (C(OH)–C–C–N with tert-alkyl or cyclic N) is 1. The minimum atomic E-state index is -1.14. The molecule has 0 bridgehead atoms. The lowest BCUT2D eigenvalue weighted by Crippen LogP contribution is -2.43. The van der Waals surface area contributed by atoms with Gasteiger partial charge in [-0.1, -0.05) is 21.1 Å². The fraction of sp³-hybridized carbons (Fsp3) is 0.385. The monoisotopic (exact) mass is 341 g/mol. The van der Waals surface area contributed by atoms with E-state index in [9.17, 15) is 9.50 Å². The van der Waals surface area contributed by atoms with Crippen molar-refractivity contribution in [1.82, 2.24) is 15.5 Å². The first-order chi connectivity index (χ1) is 9.57. The largest absolute Gasteiger partial charge is 0.379 e. The standard InChI is InChI=1S/C13H13BrFN3O2/c14-9-4-8(5-10(15)6-9)11-17-12(20-18-11)13(19)2-1-3-16-7-13/h4-6,16,19H,1-3,7H2. The van der Waals surface area contributed by atoms with Crippen LogP contribution < -0.4 is 5.32 Å². The van der Waals surface area contributed by atoms with Crippen molar-refractivity contribution in [2.45, 2.75) is 18.4 Å². The molecule has 1 atom stereocenters. The average Bonchev–Trinajstić information content (AvgIpc) is 2.89. The molecule has 0 radical (unpaired) electrons. The van der Waals surface area contributed by atoms with Gasteiger partial charge in [0.2, 0.25) is 5.82 Å². The van der Waals surface area contributed by atoms with Gasteiger partial charge in [-0.05, 0) is 37.6 Å². The number of nitrogens with one attached hydrogen (secondary N) is 1. The van der Waals surface area contributed by atoms with Crippen molar-refractivity contribution in [3.63, 3.8) is 0 Å². The number of piperidine rings is 1. The van der Waals surface area contributed by atoms with E-state index in [1.54, 1.807) is 6.07 Å². The van der Waals surface area contributed by atoms with Gasteiger partial charge in [0.1, 0.15) is 5.82 Å². The van der Waals surface area contributed by atoms with Crippen LogP contribution in [0.1, 0.15) is 18.7 Å². The molecule has 0 aliphatic carbocycles. The second kappa shape index (κ2) is 5.23. The molecule has 0 saturated carbocycles. The van der Waals surface area contributed by atoms with Crippen molar-refractivity contribution in [1.29, 1.82) is 0 Å². The summed E-state index contributed by atoms with van der Waals surface area (Å²) < 4.78 is 19.1. The maximum Gasteiger partial charge on any atom is 0.260 e. The molecule has 1 aromatic heterocycles. The summed E-state index contributed by atoms with van der Waals surface area (Å²) in [6.07, 6.45) is 1.40. The Hall–Kier alpha value is -1.31. The molecule has 1 fully saturated rings.